The molecule has 1 saturated carbocycles. The Morgan fingerprint density at radius 1 is 1.20 bits per heavy atom. The summed E-state index contributed by atoms with van der Waals surface area (Å²) in [6.45, 7) is 0. The Hall–Kier alpha value is 0.170. The highest BCUT2D eigenvalue weighted by molar-refractivity contribution is 5.85. The van der Waals surface area contributed by atoms with E-state index < -0.39 is 0 Å². The van der Waals surface area contributed by atoms with Crippen molar-refractivity contribution in [2.24, 2.45) is 11.5 Å². The summed E-state index contributed by atoms with van der Waals surface area (Å²) in [5.41, 5.74) is 11.3. The lowest BCUT2D eigenvalue weighted by molar-refractivity contribution is 0.107. The van der Waals surface area contributed by atoms with E-state index in [-0.39, 0.29) is 24.5 Å². The van der Waals surface area contributed by atoms with Gasteiger partial charge in [-0.1, -0.05) is 0 Å². The highest BCUT2D eigenvalue weighted by Gasteiger charge is 2.28. The maximum Gasteiger partial charge on any atom is 0.0602 e. The first-order valence-corrected chi connectivity index (χ1v) is 3.28. The first-order chi connectivity index (χ1) is 4.24. The average Bonchev–Trinajstić information content (AvgIpc) is 2.13. The summed E-state index contributed by atoms with van der Waals surface area (Å²) >= 11 is 0. The van der Waals surface area contributed by atoms with Crippen molar-refractivity contribution in [1.29, 1.82) is 0 Å². The third-order valence-electron chi connectivity index (χ3n) is 1.95. The maximum atomic E-state index is 5.64. The number of nitrogens with two attached hydrogens (primary N) is 2. The zero-order valence-electron chi connectivity index (χ0n) is 6.12. The Balaban J connectivity index is 0.000000810. The molecule has 0 bridgehead atoms. The van der Waals surface area contributed by atoms with E-state index in [1.165, 1.54) is 0 Å². The minimum Gasteiger partial charge on any atom is -0.381 e. The van der Waals surface area contributed by atoms with Crippen molar-refractivity contribution in [3.05, 3.63) is 0 Å². The summed E-state index contributed by atoms with van der Waals surface area (Å²) in [7, 11) is 1.70. The van der Waals surface area contributed by atoms with E-state index in [1.54, 1.807) is 7.11 Å². The van der Waals surface area contributed by atoms with Gasteiger partial charge in [-0.05, 0) is 12.8 Å². The first kappa shape index (κ1) is 10.2. The fourth-order valence-electron chi connectivity index (χ4n) is 1.25. The Morgan fingerprint density at radius 2 is 1.60 bits per heavy atom. The fraction of sp³-hybridized carbons (Fsp3) is 1.00. The first-order valence-electron chi connectivity index (χ1n) is 3.28. The van der Waals surface area contributed by atoms with Gasteiger partial charge in [0.15, 0.2) is 0 Å². The molecular formula is C6H15ClN2O. The van der Waals surface area contributed by atoms with Gasteiger partial charge in [0.25, 0.3) is 0 Å². The number of halogens is 1. The van der Waals surface area contributed by atoms with Crippen LogP contribution in [0, 0.1) is 0 Å². The van der Waals surface area contributed by atoms with Gasteiger partial charge in [-0.2, -0.15) is 0 Å². The number of hydrogen-bond donors (Lipinski definition) is 2. The summed E-state index contributed by atoms with van der Waals surface area (Å²) in [6.07, 6.45) is 2.13. The van der Waals surface area contributed by atoms with Crippen molar-refractivity contribution in [3.8, 4) is 0 Å². The molecule has 0 aliphatic heterocycles. The summed E-state index contributed by atoms with van der Waals surface area (Å²) < 4.78 is 5.09. The third-order valence-corrected chi connectivity index (χ3v) is 1.95. The monoisotopic (exact) mass is 166 g/mol. The number of methoxy groups -OCH3 is 1. The lowest BCUT2D eigenvalue weighted by Crippen LogP contribution is -2.35. The van der Waals surface area contributed by atoms with E-state index in [0.717, 1.165) is 12.8 Å². The number of rotatable bonds is 1. The van der Waals surface area contributed by atoms with Gasteiger partial charge in [-0.3, -0.25) is 0 Å². The minimum atomic E-state index is 0. The molecule has 1 aliphatic carbocycles. The normalized spacial score (nSPS) is 39.3. The van der Waals surface area contributed by atoms with Gasteiger partial charge >= 0.3 is 0 Å². The molecular weight excluding hydrogens is 152 g/mol. The van der Waals surface area contributed by atoms with Crippen molar-refractivity contribution < 1.29 is 4.74 Å². The van der Waals surface area contributed by atoms with Crippen LogP contribution < -0.4 is 11.5 Å². The highest BCUT2D eigenvalue weighted by Crippen LogP contribution is 2.18. The fourth-order valence-corrected chi connectivity index (χ4v) is 1.25. The molecule has 1 aliphatic rings. The molecule has 2 unspecified atom stereocenters. The molecule has 0 aromatic rings. The highest BCUT2D eigenvalue weighted by atomic mass is 35.5. The molecule has 4 heteroatoms. The molecule has 3 nitrogen and oxygen atoms in total. The zero-order valence-corrected chi connectivity index (χ0v) is 6.93. The molecule has 1 fully saturated rings. The van der Waals surface area contributed by atoms with Gasteiger partial charge in [0.1, 0.15) is 0 Å². The molecule has 0 saturated heterocycles. The second kappa shape index (κ2) is 4.13. The van der Waals surface area contributed by atoms with Crippen molar-refractivity contribution in [1.82, 2.24) is 0 Å². The van der Waals surface area contributed by atoms with Gasteiger partial charge in [-0.25, -0.2) is 0 Å². The molecule has 10 heavy (non-hydrogen) atoms. The Labute approximate surface area is 67.5 Å². The largest absolute Gasteiger partial charge is 0.381 e. The van der Waals surface area contributed by atoms with E-state index in [1.807, 2.05) is 0 Å². The standard InChI is InChI=1S/C6H14N2O.ClH/c1-9-4-2-5(7)6(8)3-4;/h4-6H,2-3,7-8H2,1H3;1H. The number of ether oxygens (including phenoxy) is 1. The summed E-state index contributed by atoms with van der Waals surface area (Å²) in [5.74, 6) is 0. The zero-order chi connectivity index (χ0) is 6.85. The lowest BCUT2D eigenvalue weighted by atomic mass is 10.2. The van der Waals surface area contributed by atoms with Gasteiger partial charge < -0.3 is 16.2 Å². The summed E-state index contributed by atoms with van der Waals surface area (Å²) in [5, 5.41) is 0. The summed E-state index contributed by atoms with van der Waals surface area (Å²) in [6, 6.07) is 0.296. The molecule has 62 valence electrons. The molecule has 2 atom stereocenters. The van der Waals surface area contributed by atoms with Crippen LogP contribution in [0.3, 0.4) is 0 Å². The lowest BCUT2D eigenvalue weighted by Gasteiger charge is -2.05. The molecule has 0 aromatic carbocycles. The van der Waals surface area contributed by atoms with E-state index in [2.05, 4.69) is 0 Å². The van der Waals surface area contributed by atoms with Crippen LogP contribution in [0.25, 0.3) is 0 Å². The molecule has 0 spiro atoms. The van der Waals surface area contributed by atoms with Crippen molar-refractivity contribution >= 4 is 12.4 Å². The predicted molar refractivity (Wildman–Crippen MR) is 43.2 cm³/mol. The summed E-state index contributed by atoms with van der Waals surface area (Å²) in [4.78, 5) is 0. The Kier molecular flexibility index (Phi) is 4.20. The molecule has 0 amide bonds. The van der Waals surface area contributed by atoms with Crippen LogP contribution >= 0.6 is 12.4 Å². The smallest absolute Gasteiger partial charge is 0.0602 e. The Morgan fingerprint density at radius 3 is 1.80 bits per heavy atom. The quantitative estimate of drug-likeness (QED) is 0.571. The van der Waals surface area contributed by atoms with Crippen LogP contribution in [0.5, 0.6) is 0 Å². The van der Waals surface area contributed by atoms with Gasteiger partial charge in [0.2, 0.25) is 0 Å². The minimum absolute atomic E-state index is 0. The average molecular weight is 167 g/mol. The van der Waals surface area contributed by atoms with Gasteiger partial charge in [-0.15, -0.1) is 12.4 Å². The van der Waals surface area contributed by atoms with Crippen LogP contribution in [-0.2, 0) is 4.74 Å². The second-order valence-corrected chi connectivity index (χ2v) is 2.66. The number of hydrogen-bond acceptors (Lipinski definition) is 3. The molecule has 4 N–H and O–H groups in total. The third kappa shape index (κ3) is 2.09. The molecule has 0 aromatic heterocycles. The van der Waals surface area contributed by atoms with E-state index in [9.17, 15) is 0 Å². The van der Waals surface area contributed by atoms with Crippen molar-refractivity contribution in [3.63, 3.8) is 0 Å². The van der Waals surface area contributed by atoms with E-state index in [4.69, 9.17) is 16.2 Å². The van der Waals surface area contributed by atoms with Crippen LogP contribution in [0.4, 0.5) is 0 Å². The van der Waals surface area contributed by atoms with E-state index in [0.29, 0.717) is 6.10 Å². The van der Waals surface area contributed by atoms with Gasteiger partial charge in [0.05, 0.1) is 6.10 Å². The van der Waals surface area contributed by atoms with Gasteiger partial charge in [0, 0.05) is 19.2 Å². The van der Waals surface area contributed by atoms with Crippen LogP contribution in [0.15, 0.2) is 0 Å². The topological polar surface area (TPSA) is 61.3 Å². The second-order valence-electron chi connectivity index (χ2n) is 2.66. The predicted octanol–water partition coefficient (Wildman–Crippen LogP) is -0.128. The van der Waals surface area contributed by atoms with Crippen molar-refractivity contribution in [2.75, 3.05) is 7.11 Å². The van der Waals surface area contributed by atoms with Crippen LogP contribution in [0.2, 0.25) is 0 Å². The van der Waals surface area contributed by atoms with E-state index >= 15 is 0 Å². The molecule has 0 heterocycles. The maximum absolute atomic E-state index is 5.64. The van der Waals surface area contributed by atoms with Crippen LogP contribution in [0.1, 0.15) is 12.8 Å². The Bertz CT molecular complexity index is 91.7. The molecule has 1 rings (SSSR count). The van der Waals surface area contributed by atoms with Crippen LogP contribution in [-0.4, -0.2) is 25.3 Å². The molecule has 0 radical (unpaired) electrons. The van der Waals surface area contributed by atoms with Crippen molar-refractivity contribution in [2.45, 2.75) is 31.0 Å². The SMILES string of the molecule is COC1CC(N)C(N)C1.Cl.